The van der Waals surface area contributed by atoms with Crippen molar-refractivity contribution in [2.75, 3.05) is 6.61 Å². The lowest BCUT2D eigenvalue weighted by molar-refractivity contribution is -0.294. The SMILES string of the molecule is [2H]CC(C)(C)C(=O)OC[C@H]1OC(Oc2n[nH]c3cccc(C#C)c23)[C@H](OC(=O)C(C)(C)C[2H])[C@@H](OC(=O)C(C)(C)C[2H])[C@@H]1OC(=O)C(C)(C)C[2H]. The Kier molecular flexibility index (Phi) is 9.08. The maximum atomic E-state index is 13.6. The van der Waals surface area contributed by atoms with Gasteiger partial charge in [-0.25, -0.2) is 0 Å². The minimum atomic E-state index is -1.71. The van der Waals surface area contributed by atoms with Crippen LogP contribution in [-0.2, 0) is 42.9 Å². The monoisotopic (exact) mass is 660 g/mol. The second kappa shape index (κ2) is 13.6. The quantitative estimate of drug-likeness (QED) is 0.240. The van der Waals surface area contributed by atoms with Crippen LogP contribution < -0.4 is 4.74 Å². The first-order valence-electron chi connectivity index (χ1n) is 17.8. The number of H-pyrrole nitrogens is 1. The lowest BCUT2D eigenvalue weighted by Crippen LogP contribution is -2.65. The minimum absolute atomic E-state index is 0.0854. The van der Waals surface area contributed by atoms with Gasteiger partial charge in [-0.05, 0) is 95.1 Å². The Bertz CT molecular complexity index is 1630. The number of fused-ring (bicyclic) bond motifs is 1. The van der Waals surface area contributed by atoms with E-state index in [1.54, 1.807) is 18.2 Å². The molecular weight excluding hydrogens is 608 g/mol. The van der Waals surface area contributed by atoms with E-state index in [4.69, 9.17) is 40.3 Å². The molecule has 0 aliphatic carbocycles. The summed E-state index contributed by atoms with van der Waals surface area (Å²) in [6.45, 7) is 9.71. The number of benzene rings is 1. The number of aromatic nitrogens is 2. The second-order valence-electron chi connectivity index (χ2n) is 14.3. The van der Waals surface area contributed by atoms with E-state index >= 15 is 0 Å². The highest BCUT2D eigenvalue weighted by Gasteiger charge is 2.56. The molecule has 1 unspecified atom stereocenters. The fourth-order valence-corrected chi connectivity index (χ4v) is 4.07. The summed E-state index contributed by atoms with van der Waals surface area (Å²) in [7, 11) is 0. The summed E-state index contributed by atoms with van der Waals surface area (Å²) in [4.78, 5) is 53.8. The first-order valence-corrected chi connectivity index (χ1v) is 14.9. The number of nitrogens with zero attached hydrogens (tertiary/aromatic N) is 1. The van der Waals surface area contributed by atoms with Crippen LogP contribution in [0.3, 0.4) is 0 Å². The molecule has 0 saturated carbocycles. The third-order valence-electron chi connectivity index (χ3n) is 6.85. The molecule has 1 fully saturated rings. The van der Waals surface area contributed by atoms with Crippen molar-refractivity contribution >= 4 is 34.8 Å². The van der Waals surface area contributed by atoms with E-state index in [9.17, 15) is 19.2 Å². The van der Waals surface area contributed by atoms with Gasteiger partial charge in [0.2, 0.25) is 18.3 Å². The largest absolute Gasteiger partial charge is 0.462 e. The highest BCUT2D eigenvalue weighted by Crippen LogP contribution is 2.36. The van der Waals surface area contributed by atoms with E-state index in [2.05, 4.69) is 16.1 Å². The van der Waals surface area contributed by atoms with Gasteiger partial charge in [0.05, 0.1) is 32.6 Å². The Morgan fingerprint density at radius 1 is 0.830 bits per heavy atom. The molecule has 1 aliphatic heterocycles. The number of hydrogen-bond acceptors (Lipinski definition) is 11. The van der Waals surface area contributed by atoms with Gasteiger partial charge >= 0.3 is 23.9 Å². The molecule has 5 atom stereocenters. The van der Waals surface area contributed by atoms with Crippen molar-refractivity contribution in [1.29, 1.82) is 0 Å². The molecule has 0 radical (unpaired) electrons. The molecule has 12 nitrogen and oxygen atoms in total. The number of aromatic amines is 1. The number of rotatable bonds is 7. The third-order valence-corrected chi connectivity index (χ3v) is 6.85. The average molecular weight is 661 g/mol. The number of esters is 4. The van der Waals surface area contributed by atoms with Gasteiger partial charge in [-0.3, -0.25) is 24.3 Å². The molecule has 12 heteroatoms. The Labute approximate surface area is 282 Å². The molecule has 0 spiro atoms. The van der Waals surface area contributed by atoms with Crippen LogP contribution in [0, 0.1) is 34.0 Å². The maximum Gasteiger partial charge on any atom is 0.311 e. The van der Waals surface area contributed by atoms with E-state index in [1.807, 2.05) is 0 Å². The van der Waals surface area contributed by atoms with Crippen molar-refractivity contribution in [2.45, 2.75) is 114 Å². The first kappa shape index (κ1) is 31.5. The minimum Gasteiger partial charge on any atom is -0.462 e. The topological polar surface area (TPSA) is 152 Å². The molecule has 258 valence electrons. The first-order chi connectivity index (χ1) is 23.7. The smallest absolute Gasteiger partial charge is 0.311 e. The van der Waals surface area contributed by atoms with E-state index in [-0.39, 0.29) is 12.8 Å². The standard InChI is InChI=1S/C35H48N2O10/c1-14-19-16-15-17-20-22(19)26(37-36-20)47-27-25(46-31(41)35(11,12)13)24(45-30(40)34(8,9)10)23(44-29(39)33(5,6)7)21(43-27)18-42-28(38)32(2,3)4/h1,15-17,21,23-25,27H,18H2,2-13H3,(H,36,37)/t21-,23-,24+,25-,27?/m1/s1/i2D,5D,8D,11D. The van der Waals surface area contributed by atoms with Crippen molar-refractivity contribution in [3.05, 3.63) is 23.8 Å². The van der Waals surface area contributed by atoms with Crippen LogP contribution in [0.4, 0.5) is 0 Å². The summed E-state index contributed by atoms with van der Waals surface area (Å²) in [6.07, 6.45) is -2.42. The van der Waals surface area contributed by atoms with Crippen LogP contribution in [0.1, 0.15) is 94.0 Å². The van der Waals surface area contributed by atoms with E-state index in [1.165, 1.54) is 55.4 Å². The number of carbonyl (C=O) groups excluding carboxylic acids is 4. The van der Waals surface area contributed by atoms with Gasteiger partial charge in [-0.2, -0.15) is 0 Å². The molecule has 47 heavy (non-hydrogen) atoms. The summed E-state index contributed by atoms with van der Waals surface area (Å²) < 4.78 is 67.5. The molecule has 0 bridgehead atoms. The Hall–Kier alpha value is -4.11. The number of nitrogens with one attached hydrogen (secondary N) is 1. The zero-order chi connectivity index (χ0) is 38.5. The number of terminal acetylenes is 1. The fraction of sp³-hybridized carbons (Fsp3) is 0.629. The number of ether oxygens (including phenoxy) is 6. The van der Waals surface area contributed by atoms with Crippen molar-refractivity contribution in [1.82, 2.24) is 10.2 Å². The van der Waals surface area contributed by atoms with Crippen LogP contribution >= 0.6 is 0 Å². The molecule has 1 N–H and O–H groups in total. The molecular formula is C35H48N2O10. The number of carbonyl (C=O) groups is 4. The van der Waals surface area contributed by atoms with Gasteiger partial charge in [-0.1, -0.05) is 12.0 Å². The summed E-state index contributed by atoms with van der Waals surface area (Å²) in [6, 6.07) is 5.04. The molecule has 3 rings (SSSR count). The van der Waals surface area contributed by atoms with Crippen molar-refractivity contribution in [3.63, 3.8) is 0 Å². The summed E-state index contributed by atoms with van der Waals surface area (Å²) in [5, 5.41) is 7.41. The van der Waals surface area contributed by atoms with Gasteiger partial charge in [0.15, 0.2) is 12.2 Å². The predicted molar refractivity (Wildman–Crippen MR) is 172 cm³/mol. The van der Waals surface area contributed by atoms with Gasteiger partial charge in [-0.15, -0.1) is 11.5 Å². The lowest BCUT2D eigenvalue weighted by atomic mass is 9.93. The second-order valence-corrected chi connectivity index (χ2v) is 14.3. The summed E-state index contributed by atoms with van der Waals surface area (Å²) >= 11 is 0. The molecule has 2 aromatic rings. The van der Waals surface area contributed by atoms with Gasteiger partial charge in [0.1, 0.15) is 12.7 Å². The lowest BCUT2D eigenvalue weighted by Gasteiger charge is -2.45. The Balaban J connectivity index is 2.27. The fourth-order valence-electron chi connectivity index (χ4n) is 4.07. The van der Waals surface area contributed by atoms with Crippen LogP contribution in [0.25, 0.3) is 10.9 Å². The van der Waals surface area contributed by atoms with E-state index in [0.29, 0.717) is 16.5 Å². The van der Waals surface area contributed by atoms with Crippen LogP contribution in [0.2, 0.25) is 0 Å². The zero-order valence-corrected chi connectivity index (χ0v) is 28.3. The highest BCUT2D eigenvalue weighted by atomic mass is 16.7. The predicted octanol–water partition coefficient (Wildman–Crippen LogP) is 5.11. The number of hydrogen-bond donors (Lipinski definition) is 1. The Morgan fingerprint density at radius 2 is 1.34 bits per heavy atom. The van der Waals surface area contributed by atoms with Gasteiger partial charge < -0.3 is 28.4 Å². The summed E-state index contributed by atoms with van der Waals surface area (Å²) in [5.74, 6) is -1.04. The maximum absolute atomic E-state index is 13.6. The molecule has 1 saturated heterocycles. The van der Waals surface area contributed by atoms with Crippen LogP contribution in [0.5, 0.6) is 5.88 Å². The third kappa shape index (κ3) is 9.04. The molecule has 2 heterocycles. The highest BCUT2D eigenvalue weighted by molar-refractivity contribution is 5.90. The van der Waals surface area contributed by atoms with Crippen molar-refractivity contribution < 1.29 is 53.1 Å². The van der Waals surface area contributed by atoms with Crippen molar-refractivity contribution in [2.24, 2.45) is 21.7 Å². The van der Waals surface area contributed by atoms with Crippen molar-refractivity contribution in [3.8, 4) is 18.2 Å². The van der Waals surface area contributed by atoms with Crippen LogP contribution in [-0.4, -0.2) is 71.4 Å². The average Bonchev–Trinajstić information content (AvgIpc) is 3.51. The molecule has 1 aromatic carbocycles. The Morgan fingerprint density at radius 3 is 1.87 bits per heavy atom. The normalized spacial score (nSPS) is 23.3. The van der Waals surface area contributed by atoms with Crippen LogP contribution in [0.15, 0.2) is 18.2 Å². The zero-order valence-electron chi connectivity index (χ0n) is 32.3. The van der Waals surface area contributed by atoms with E-state index in [0.717, 1.165) is 0 Å². The van der Waals surface area contributed by atoms with Gasteiger partial charge in [0.25, 0.3) is 0 Å². The van der Waals surface area contributed by atoms with E-state index < -0.39 is 104 Å². The van der Waals surface area contributed by atoms with Gasteiger partial charge in [0, 0.05) is 11.0 Å². The molecule has 0 amide bonds. The molecule has 1 aromatic heterocycles. The summed E-state index contributed by atoms with van der Waals surface area (Å²) in [5.41, 5.74) is -4.47. The molecule has 1 aliphatic rings.